The second-order valence-electron chi connectivity index (χ2n) is 2.69. The minimum atomic E-state index is -4.47. The van der Waals surface area contributed by atoms with Crippen molar-refractivity contribution in [2.45, 2.75) is 12.1 Å². The van der Waals surface area contributed by atoms with E-state index in [1.807, 2.05) is 0 Å². The summed E-state index contributed by atoms with van der Waals surface area (Å²) in [5.74, 6) is -1.90. The maximum atomic E-state index is 12.3. The number of hydrogen-bond acceptors (Lipinski definition) is 2. The molecule has 78 valence electrons. The Morgan fingerprint density at radius 3 is 2.57 bits per heavy atom. The third kappa shape index (κ3) is 2.59. The third-order valence-corrected chi connectivity index (χ3v) is 1.94. The number of halogens is 4. The monoisotopic (exact) mass is 225 g/mol. The van der Waals surface area contributed by atoms with Gasteiger partial charge in [-0.2, -0.15) is 13.2 Å². The molecular formula is C8H7ClF3NO. The minimum absolute atomic E-state index is 0.0230. The van der Waals surface area contributed by atoms with Crippen molar-refractivity contribution in [2.75, 3.05) is 6.61 Å². The zero-order valence-corrected chi connectivity index (χ0v) is 7.68. The van der Waals surface area contributed by atoms with E-state index < -0.39 is 18.7 Å². The van der Waals surface area contributed by atoms with Crippen molar-refractivity contribution in [3.8, 4) is 0 Å². The largest absolute Gasteiger partial charge is 0.397 e. The number of pyridine rings is 1. The Bertz CT molecular complexity index is 316. The SMILES string of the molecule is OCC(c1ccnc(Cl)c1)C(F)(F)F. The van der Waals surface area contributed by atoms with Crippen LogP contribution in [-0.4, -0.2) is 22.9 Å². The van der Waals surface area contributed by atoms with E-state index in [-0.39, 0.29) is 10.7 Å². The third-order valence-electron chi connectivity index (χ3n) is 1.73. The highest BCUT2D eigenvalue weighted by Gasteiger charge is 2.40. The first-order valence-electron chi connectivity index (χ1n) is 3.74. The maximum Gasteiger partial charge on any atom is 0.397 e. The molecule has 0 saturated heterocycles. The number of alkyl halides is 3. The van der Waals surface area contributed by atoms with Crippen molar-refractivity contribution < 1.29 is 18.3 Å². The molecule has 1 aromatic heterocycles. The second-order valence-corrected chi connectivity index (χ2v) is 3.08. The number of nitrogens with zero attached hydrogens (tertiary/aromatic N) is 1. The first-order valence-corrected chi connectivity index (χ1v) is 4.12. The quantitative estimate of drug-likeness (QED) is 0.784. The molecule has 1 unspecified atom stereocenters. The van der Waals surface area contributed by atoms with Crippen LogP contribution in [0.1, 0.15) is 11.5 Å². The van der Waals surface area contributed by atoms with Crippen LogP contribution in [0.2, 0.25) is 5.15 Å². The molecule has 0 aliphatic carbocycles. The Balaban J connectivity index is 3.01. The zero-order chi connectivity index (χ0) is 10.8. The summed E-state index contributed by atoms with van der Waals surface area (Å²) in [5, 5.41) is 8.60. The molecule has 0 saturated carbocycles. The van der Waals surface area contributed by atoms with E-state index in [0.29, 0.717) is 0 Å². The van der Waals surface area contributed by atoms with E-state index in [0.717, 1.165) is 6.07 Å². The Kier molecular flexibility index (Phi) is 3.34. The van der Waals surface area contributed by atoms with Crippen LogP contribution in [0.3, 0.4) is 0 Å². The summed E-state index contributed by atoms with van der Waals surface area (Å²) in [4.78, 5) is 3.56. The van der Waals surface area contributed by atoms with Gasteiger partial charge in [0.25, 0.3) is 0 Å². The summed E-state index contributed by atoms with van der Waals surface area (Å²) in [6, 6.07) is 2.27. The summed E-state index contributed by atoms with van der Waals surface area (Å²) >= 11 is 5.44. The van der Waals surface area contributed by atoms with Gasteiger partial charge in [-0.15, -0.1) is 0 Å². The fraction of sp³-hybridized carbons (Fsp3) is 0.375. The predicted molar refractivity (Wildman–Crippen MR) is 45.1 cm³/mol. The summed E-state index contributed by atoms with van der Waals surface area (Å²) in [6.45, 7) is -0.996. The van der Waals surface area contributed by atoms with Gasteiger partial charge in [0.1, 0.15) is 11.1 Å². The van der Waals surface area contributed by atoms with Gasteiger partial charge in [-0.25, -0.2) is 4.98 Å². The van der Waals surface area contributed by atoms with E-state index >= 15 is 0 Å². The minimum Gasteiger partial charge on any atom is -0.395 e. The molecule has 0 aromatic carbocycles. The molecule has 0 spiro atoms. The van der Waals surface area contributed by atoms with Crippen LogP contribution in [0.5, 0.6) is 0 Å². The lowest BCUT2D eigenvalue weighted by Gasteiger charge is -2.17. The normalized spacial score (nSPS) is 14.1. The molecule has 0 aliphatic heterocycles. The molecule has 1 atom stereocenters. The molecular weight excluding hydrogens is 219 g/mol. The van der Waals surface area contributed by atoms with Gasteiger partial charge in [0.2, 0.25) is 0 Å². The van der Waals surface area contributed by atoms with Crippen LogP contribution < -0.4 is 0 Å². The first kappa shape index (κ1) is 11.3. The molecule has 1 rings (SSSR count). The van der Waals surface area contributed by atoms with E-state index in [9.17, 15) is 13.2 Å². The van der Waals surface area contributed by atoms with Crippen molar-refractivity contribution >= 4 is 11.6 Å². The molecule has 2 nitrogen and oxygen atoms in total. The molecule has 0 fully saturated rings. The lowest BCUT2D eigenvalue weighted by atomic mass is 10.0. The average molecular weight is 226 g/mol. The van der Waals surface area contributed by atoms with E-state index in [2.05, 4.69) is 4.98 Å². The Labute approximate surface area is 83.3 Å². The first-order chi connectivity index (χ1) is 6.45. The second kappa shape index (κ2) is 4.14. The van der Waals surface area contributed by atoms with Gasteiger partial charge >= 0.3 is 6.18 Å². The highest BCUT2D eigenvalue weighted by molar-refractivity contribution is 6.29. The molecule has 6 heteroatoms. The van der Waals surface area contributed by atoms with Crippen molar-refractivity contribution in [2.24, 2.45) is 0 Å². The van der Waals surface area contributed by atoms with Crippen molar-refractivity contribution in [3.63, 3.8) is 0 Å². The number of aromatic nitrogens is 1. The molecule has 0 radical (unpaired) electrons. The van der Waals surface area contributed by atoms with Gasteiger partial charge in [-0.05, 0) is 17.7 Å². The summed E-state index contributed by atoms with van der Waals surface area (Å²) in [7, 11) is 0. The van der Waals surface area contributed by atoms with Gasteiger partial charge in [0.05, 0.1) is 6.61 Å². The highest BCUT2D eigenvalue weighted by atomic mass is 35.5. The van der Waals surface area contributed by atoms with Gasteiger partial charge in [-0.3, -0.25) is 0 Å². The molecule has 1 N–H and O–H groups in total. The molecule has 1 heterocycles. The van der Waals surface area contributed by atoms with Crippen LogP contribution in [0.4, 0.5) is 13.2 Å². The summed E-state index contributed by atoms with van der Waals surface area (Å²) in [5.41, 5.74) is -0.0833. The summed E-state index contributed by atoms with van der Waals surface area (Å²) < 4.78 is 36.9. The lowest BCUT2D eigenvalue weighted by molar-refractivity contribution is -0.158. The van der Waals surface area contributed by atoms with Crippen LogP contribution in [0, 0.1) is 0 Å². The van der Waals surface area contributed by atoms with Crippen molar-refractivity contribution in [1.82, 2.24) is 4.98 Å². The zero-order valence-electron chi connectivity index (χ0n) is 6.92. The Morgan fingerprint density at radius 1 is 1.50 bits per heavy atom. The van der Waals surface area contributed by atoms with Gasteiger partial charge in [0.15, 0.2) is 0 Å². The number of aliphatic hydroxyl groups is 1. The van der Waals surface area contributed by atoms with Gasteiger partial charge < -0.3 is 5.11 Å². The summed E-state index contributed by atoms with van der Waals surface area (Å²) in [6.07, 6.45) is -3.30. The van der Waals surface area contributed by atoms with Crippen LogP contribution >= 0.6 is 11.6 Å². The molecule has 14 heavy (non-hydrogen) atoms. The number of rotatable bonds is 2. The average Bonchev–Trinajstić information content (AvgIpc) is 2.02. The lowest BCUT2D eigenvalue weighted by Crippen LogP contribution is -2.24. The predicted octanol–water partition coefficient (Wildman–Crippen LogP) is 2.37. The van der Waals surface area contributed by atoms with Gasteiger partial charge in [0, 0.05) is 6.20 Å². The molecule has 0 amide bonds. The van der Waals surface area contributed by atoms with E-state index in [4.69, 9.17) is 16.7 Å². The fourth-order valence-electron chi connectivity index (χ4n) is 1.03. The molecule has 0 bridgehead atoms. The number of aliphatic hydroxyl groups excluding tert-OH is 1. The Morgan fingerprint density at radius 2 is 2.14 bits per heavy atom. The van der Waals surface area contributed by atoms with E-state index in [1.165, 1.54) is 12.3 Å². The topological polar surface area (TPSA) is 33.1 Å². The van der Waals surface area contributed by atoms with E-state index in [1.54, 1.807) is 0 Å². The molecule has 0 aliphatic rings. The van der Waals surface area contributed by atoms with Crippen LogP contribution in [0.15, 0.2) is 18.3 Å². The highest BCUT2D eigenvalue weighted by Crippen LogP contribution is 2.34. The van der Waals surface area contributed by atoms with Crippen molar-refractivity contribution in [1.29, 1.82) is 0 Å². The smallest absolute Gasteiger partial charge is 0.395 e. The molecule has 1 aromatic rings. The number of hydrogen-bond donors (Lipinski definition) is 1. The van der Waals surface area contributed by atoms with Crippen molar-refractivity contribution in [3.05, 3.63) is 29.0 Å². The fourth-order valence-corrected chi connectivity index (χ4v) is 1.21. The standard InChI is InChI=1S/C8H7ClF3NO/c9-7-3-5(1-2-13-7)6(4-14)8(10,11)12/h1-3,6,14H,4H2. The van der Waals surface area contributed by atoms with Crippen LogP contribution in [-0.2, 0) is 0 Å². The maximum absolute atomic E-state index is 12.3. The van der Waals surface area contributed by atoms with Crippen LogP contribution in [0.25, 0.3) is 0 Å². The Hall–Kier alpha value is -0.810. The van der Waals surface area contributed by atoms with Gasteiger partial charge in [-0.1, -0.05) is 11.6 Å².